The molecule has 342 valence electrons. The molecule has 9 rings (SSSR count). The van der Waals surface area contributed by atoms with Crippen LogP contribution in [0.4, 0.5) is 11.6 Å². The maximum atomic E-state index is 16.0. The van der Waals surface area contributed by atoms with Gasteiger partial charge in [0.2, 0.25) is 17.8 Å². The standard InChI is InChI=1S/C51H48N6O10/c1-64-46(60)37(47(61)65-2)19-9-12-32-20-21-39-38(30-32)51(49(63)54-39)40(45(59)55-24-26-56(27-25-55)50-52-22-11-23-53-50)42-48(62)67-43(34-15-7-4-8-16-34)41(33-13-5-3-6-14-33)57(42)44(51)35-17-10-18-36(31-35)66-29-28-58/h3-8,10-11,13-18,20-23,30-31,37,40-44,58H,19,24-29H2,1-2H3,(H,54,63)/t40-,41-,42-,43+,44+,51-/m1/s1. The molecule has 0 saturated carbocycles. The SMILES string of the molecule is COC(=O)C(CC#Cc1ccc2c(c1)[C@]1(C(=O)N2)[C@H](c2cccc(OCCO)c2)N2[C@H](c3ccccc3)[C@H](c3ccccc3)OC(=O)[C@H]2[C@@H]1C(=O)N1CCN(c2ncccn2)CC1)C(=O)OC. The molecule has 0 radical (unpaired) electrons. The summed E-state index contributed by atoms with van der Waals surface area (Å²) in [5.41, 5.74) is 1.52. The van der Waals surface area contributed by atoms with Crippen molar-refractivity contribution in [2.24, 2.45) is 11.8 Å². The molecular formula is C51H48N6O10. The molecule has 1 aromatic heterocycles. The number of morpholine rings is 1. The number of aliphatic hydroxyl groups excluding tert-OH is 1. The van der Waals surface area contributed by atoms with Gasteiger partial charge in [-0.3, -0.25) is 28.9 Å². The van der Waals surface area contributed by atoms with Crippen LogP contribution in [-0.2, 0) is 43.6 Å². The molecule has 4 aromatic carbocycles. The van der Waals surface area contributed by atoms with Gasteiger partial charge in [0.15, 0.2) is 5.92 Å². The summed E-state index contributed by atoms with van der Waals surface area (Å²) in [5.74, 6) is 1.09. The van der Waals surface area contributed by atoms with Gasteiger partial charge >= 0.3 is 17.9 Å². The third kappa shape index (κ3) is 8.10. The molecule has 4 aliphatic heterocycles. The number of ether oxygens (including phenoxy) is 4. The van der Waals surface area contributed by atoms with Crippen LogP contribution in [-0.4, -0.2) is 114 Å². The summed E-state index contributed by atoms with van der Waals surface area (Å²) in [4.78, 5) is 86.6. The van der Waals surface area contributed by atoms with E-state index in [9.17, 15) is 14.7 Å². The van der Waals surface area contributed by atoms with Crippen molar-refractivity contribution < 1.29 is 48.0 Å². The van der Waals surface area contributed by atoms with Crippen molar-refractivity contribution >= 4 is 41.4 Å². The van der Waals surface area contributed by atoms with E-state index < -0.39 is 71.2 Å². The number of nitrogens with one attached hydrogen (secondary N) is 1. The smallest absolute Gasteiger partial charge is 0.324 e. The van der Waals surface area contributed by atoms with Crippen LogP contribution in [0.3, 0.4) is 0 Å². The lowest BCUT2D eigenvalue weighted by atomic mass is 9.65. The number of rotatable bonds is 11. The number of carbonyl (C=O) groups excluding carboxylic acids is 5. The maximum absolute atomic E-state index is 16.0. The van der Waals surface area contributed by atoms with Gasteiger partial charge in [-0.15, -0.1) is 0 Å². The lowest BCUT2D eigenvalue weighted by Crippen LogP contribution is -2.58. The summed E-state index contributed by atoms with van der Waals surface area (Å²) in [6.07, 6.45) is 2.23. The van der Waals surface area contributed by atoms with Gasteiger partial charge in [0.1, 0.15) is 29.9 Å². The van der Waals surface area contributed by atoms with Crippen LogP contribution in [0.1, 0.15) is 52.4 Å². The van der Waals surface area contributed by atoms with Crippen LogP contribution in [0.25, 0.3) is 0 Å². The lowest BCUT2D eigenvalue weighted by Gasteiger charge is -2.46. The Morgan fingerprint density at radius 3 is 2.16 bits per heavy atom. The highest BCUT2D eigenvalue weighted by Gasteiger charge is 2.74. The molecule has 3 fully saturated rings. The Labute approximate surface area is 386 Å². The summed E-state index contributed by atoms with van der Waals surface area (Å²) in [6.45, 7) is 1.04. The molecule has 16 heteroatoms. The van der Waals surface area contributed by atoms with Crippen LogP contribution in [0.2, 0.25) is 0 Å². The first-order chi connectivity index (χ1) is 32.7. The van der Waals surface area contributed by atoms with Crippen molar-refractivity contribution in [3.8, 4) is 17.6 Å². The fourth-order valence-corrected chi connectivity index (χ4v) is 10.2. The highest BCUT2D eigenvalue weighted by atomic mass is 16.6. The largest absolute Gasteiger partial charge is 0.491 e. The average Bonchev–Trinajstić information content (AvgIpc) is 3.85. The Bertz CT molecular complexity index is 2710. The summed E-state index contributed by atoms with van der Waals surface area (Å²) < 4.78 is 22.2. The fourth-order valence-electron chi connectivity index (χ4n) is 10.2. The summed E-state index contributed by atoms with van der Waals surface area (Å²) in [7, 11) is 2.34. The molecular weight excluding hydrogens is 857 g/mol. The van der Waals surface area contributed by atoms with Gasteiger partial charge < -0.3 is 39.2 Å². The molecule has 0 bridgehead atoms. The van der Waals surface area contributed by atoms with Gasteiger partial charge in [-0.25, -0.2) is 9.97 Å². The number of fused-ring (bicyclic) bond motifs is 3. The number of cyclic esters (lactones) is 1. The Morgan fingerprint density at radius 1 is 0.821 bits per heavy atom. The normalized spacial score (nSPS) is 23.1. The zero-order valence-corrected chi connectivity index (χ0v) is 36.8. The molecule has 16 nitrogen and oxygen atoms in total. The quantitative estimate of drug-likeness (QED) is 0.0832. The van der Waals surface area contributed by atoms with E-state index in [4.69, 9.17) is 18.9 Å². The number of anilines is 2. The number of piperazine rings is 1. The number of carbonyl (C=O) groups is 5. The molecule has 0 unspecified atom stereocenters. The Balaban J connectivity index is 1.26. The zero-order valence-electron chi connectivity index (χ0n) is 36.8. The van der Waals surface area contributed by atoms with Crippen LogP contribution in [0.15, 0.2) is 122 Å². The summed E-state index contributed by atoms with van der Waals surface area (Å²) in [6, 6.07) is 30.0. The predicted molar refractivity (Wildman–Crippen MR) is 242 cm³/mol. The number of aromatic nitrogens is 2. The molecule has 0 aliphatic carbocycles. The van der Waals surface area contributed by atoms with Gasteiger partial charge in [-0.1, -0.05) is 84.6 Å². The van der Waals surface area contributed by atoms with Crippen LogP contribution in [0, 0.1) is 23.7 Å². The number of nitrogens with zero attached hydrogens (tertiary/aromatic N) is 5. The predicted octanol–water partition coefficient (Wildman–Crippen LogP) is 4.17. The number of benzene rings is 4. The Morgan fingerprint density at radius 2 is 1.49 bits per heavy atom. The Hall–Kier alpha value is -7.61. The van der Waals surface area contributed by atoms with Crippen molar-refractivity contribution in [3.05, 3.63) is 149 Å². The summed E-state index contributed by atoms with van der Waals surface area (Å²) in [5, 5.41) is 12.9. The number of esters is 3. The van der Waals surface area contributed by atoms with Gasteiger partial charge in [0.25, 0.3) is 0 Å². The Kier molecular flexibility index (Phi) is 12.7. The minimum Gasteiger partial charge on any atom is -0.491 e. The van der Waals surface area contributed by atoms with Crippen molar-refractivity contribution in [3.63, 3.8) is 0 Å². The number of hydrogen-bond donors (Lipinski definition) is 2. The van der Waals surface area contributed by atoms with E-state index in [-0.39, 0.29) is 32.7 Å². The minimum atomic E-state index is -1.82. The third-order valence-electron chi connectivity index (χ3n) is 13.0. The third-order valence-corrected chi connectivity index (χ3v) is 13.0. The van der Waals surface area contributed by atoms with Crippen LogP contribution in [0.5, 0.6) is 5.75 Å². The first-order valence-corrected chi connectivity index (χ1v) is 22.0. The van der Waals surface area contributed by atoms with E-state index in [0.29, 0.717) is 47.2 Å². The molecule has 5 aromatic rings. The number of amides is 2. The number of methoxy groups -OCH3 is 2. The highest BCUT2D eigenvalue weighted by molar-refractivity contribution is 6.12. The topological polar surface area (TPSA) is 190 Å². The number of hydrogen-bond acceptors (Lipinski definition) is 14. The molecule has 1 spiro atoms. The van der Waals surface area contributed by atoms with E-state index in [1.165, 1.54) is 14.2 Å². The zero-order chi connectivity index (χ0) is 46.7. The maximum Gasteiger partial charge on any atom is 0.324 e. The fraction of sp³-hybridized carbons (Fsp3) is 0.314. The van der Waals surface area contributed by atoms with E-state index in [1.54, 1.807) is 59.8 Å². The first-order valence-electron chi connectivity index (χ1n) is 22.0. The molecule has 67 heavy (non-hydrogen) atoms. The number of aliphatic hydroxyl groups is 1. The van der Waals surface area contributed by atoms with Gasteiger partial charge in [-0.05, 0) is 58.7 Å². The average molecular weight is 905 g/mol. The second-order valence-electron chi connectivity index (χ2n) is 16.6. The van der Waals surface area contributed by atoms with Crippen molar-refractivity contribution in [1.82, 2.24) is 19.8 Å². The van der Waals surface area contributed by atoms with Gasteiger partial charge in [-0.2, -0.15) is 0 Å². The van der Waals surface area contributed by atoms with Gasteiger partial charge in [0, 0.05) is 56.2 Å². The monoisotopic (exact) mass is 904 g/mol. The van der Waals surface area contributed by atoms with E-state index in [2.05, 4.69) is 27.1 Å². The summed E-state index contributed by atoms with van der Waals surface area (Å²) >= 11 is 0. The van der Waals surface area contributed by atoms with Gasteiger partial charge in [0.05, 0.1) is 38.8 Å². The second-order valence-corrected chi connectivity index (χ2v) is 16.6. The minimum absolute atomic E-state index is 0.0000773. The van der Waals surface area contributed by atoms with Crippen molar-refractivity contribution in [1.29, 1.82) is 0 Å². The highest BCUT2D eigenvalue weighted by Crippen LogP contribution is 2.65. The van der Waals surface area contributed by atoms with E-state index in [1.807, 2.05) is 76.5 Å². The molecule has 4 aliphatic rings. The molecule has 2 N–H and O–H groups in total. The van der Waals surface area contributed by atoms with E-state index >= 15 is 14.4 Å². The molecule has 5 heterocycles. The lowest BCUT2D eigenvalue weighted by molar-refractivity contribution is -0.179. The molecule has 3 saturated heterocycles. The second kappa shape index (κ2) is 19.1. The van der Waals surface area contributed by atoms with Crippen molar-refractivity contribution in [2.45, 2.75) is 36.1 Å². The van der Waals surface area contributed by atoms with E-state index in [0.717, 1.165) is 11.1 Å². The molecule has 6 atom stereocenters. The first kappa shape index (κ1) is 44.6. The van der Waals surface area contributed by atoms with Crippen LogP contribution < -0.4 is 15.0 Å². The molecule has 2 amide bonds. The van der Waals surface area contributed by atoms with Crippen LogP contribution >= 0.6 is 0 Å². The van der Waals surface area contributed by atoms with Crippen molar-refractivity contribution in [2.75, 3.05) is 63.8 Å².